The molecule has 0 aliphatic heterocycles. The summed E-state index contributed by atoms with van der Waals surface area (Å²) in [5, 5.41) is 2.55. The van der Waals surface area contributed by atoms with Gasteiger partial charge in [0, 0.05) is 14.7 Å². The Hall–Kier alpha value is 0.470. The van der Waals surface area contributed by atoms with Gasteiger partial charge in [0.2, 0.25) is 0 Å². The molecule has 2 rings (SSSR count). The maximum Gasteiger partial charge on any atom is 0.0367 e. The van der Waals surface area contributed by atoms with Crippen molar-refractivity contribution in [1.29, 1.82) is 0 Å². The molecule has 3 heteroatoms. The van der Waals surface area contributed by atoms with Crippen LogP contribution in [0.3, 0.4) is 0 Å². The monoisotopic (exact) mass is 292 g/mol. The zero-order valence-electron chi connectivity index (χ0n) is 8.01. The first-order valence-corrected chi connectivity index (χ1v) is 7.24. The van der Waals surface area contributed by atoms with E-state index < -0.39 is 0 Å². The molecule has 0 aromatic carbocycles. The summed E-state index contributed by atoms with van der Waals surface area (Å²) >= 11 is 11.8. The number of alkyl halides is 1. The molecule has 78 valence electrons. The Morgan fingerprint density at radius 3 is 2.86 bits per heavy atom. The second-order valence-electron chi connectivity index (χ2n) is 3.96. The fourth-order valence-electron chi connectivity index (χ4n) is 2.10. The molecule has 1 heterocycles. The smallest absolute Gasteiger partial charge is 0.0367 e. The molecule has 14 heavy (non-hydrogen) atoms. The minimum absolute atomic E-state index is 0.401. The highest BCUT2D eigenvalue weighted by atomic mass is 79.9. The van der Waals surface area contributed by atoms with E-state index in [4.69, 9.17) is 11.6 Å². The molecule has 0 N–H and O–H groups in total. The highest BCUT2D eigenvalue weighted by Crippen LogP contribution is 2.34. The number of hydrogen-bond donors (Lipinski definition) is 0. The Labute approximate surface area is 103 Å². The fourth-order valence-corrected chi connectivity index (χ4v) is 4.08. The molecule has 2 atom stereocenters. The highest BCUT2D eigenvalue weighted by Gasteiger charge is 2.24. The SMILES string of the molecule is ClC1CCCCC1Cc1sccc1Br. The predicted molar refractivity (Wildman–Crippen MR) is 67.3 cm³/mol. The van der Waals surface area contributed by atoms with Crippen LogP contribution in [0, 0.1) is 5.92 Å². The maximum atomic E-state index is 6.34. The summed E-state index contributed by atoms with van der Waals surface area (Å²) in [5.74, 6) is 0.695. The average molecular weight is 294 g/mol. The van der Waals surface area contributed by atoms with E-state index in [1.807, 2.05) is 11.3 Å². The van der Waals surface area contributed by atoms with Crippen molar-refractivity contribution in [3.8, 4) is 0 Å². The second kappa shape index (κ2) is 5.00. The molecule has 0 saturated heterocycles. The van der Waals surface area contributed by atoms with E-state index in [9.17, 15) is 0 Å². The van der Waals surface area contributed by atoms with Gasteiger partial charge in [-0.1, -0.05) is 12.8 Å². The van der Waals surface area contributed by atoms with E-state index in [2.05, 4.69) is 27.4 Å². The lowest BCUT2D eigenvalue weighted by molar-refractivity contribution is 0.365. The van der Waals surface area contributed by atoms with Gasteiger partial charge >= 0.3 is 0 Å². The number of halogens is 2. The quantitative estimate of drug-likeness (QED) is 0.684. The zero-order chi connectivity index (χ0) is 9.97. The standard InChI is InChI=1S/C11H14BrClS/c12-9-5-6-14-11(9)7-8-3-1-2-4-10(8)13/h5-6,8,10H,1-4,7H2. The molecule has 1 fully saturated rings. The summed E-state index contributed by atoms with van der Waals surface area (Å²) < 4.78 is 1.26. The molecule has 0 nitrogen and oxygen atoms in total. The van der Waals surface area contributed by atoms with Gasteiger partial charge in [-0.15, -0.1) is 22.9 Å². The molecule has 0 bridgehead atoms. The van der Waals surface area contributed by atoms with E-state index in [0.717, 1.165) is 6.42 Å². The van der Waals surface area contributed by atoms with E-state index in [-0.39, 0.29) is 0 Å². The van der Waals surface area contributed by atoms with Crippen LogP contribution < -0.4 is 0 Å². The molecule has 2 unspecified atom stereocenters. The Balaban J connectivity index is 1.99. The Morgan fingerprint density at radius 1 is 1.43 bits per heavy atom. The summed E-state index contributed by atoms with van der Waals surface area (Å²) in [5.41, 5.74) is 0. The summed E-state index contributed by atoms with van der Waals surface area (Å²) in [4.78, 5) is 1.46. The molecule has 0 radical (unpaired) electrons. The zero-order valence-corrected chi connectivity index (χ0v) is 11.2. The van der Waals surface area contributed by atoms with Crippen LogP contribution in [0.4, 0.5) is 0 Å². The van der Waals surface area contributed by atoms with Gasteiger partial charge in [-0.25, -0.2) is 0 Å². The minimum Gasteiger partial charge on any atom is -0.148 e. The van der Waals surface area contributed by atoms with Crippen LogP contribution in [0.15, 0.2) is 15.9 Å². The van der Waals surface area contributed by atoms with Crippen molar-refractivity contribution in [2.24, 2.45) is 5.92 Å². The van der Waals surface area contributed by atoms with Crippen LogP contribution in [-0.2, 0) is 6.42 Å². The first-order valence-electron chi connectivity index (χ1n) is 5.13. The topological polar surface area (TPSA) is 0 Å². The van der Waals surface area contributed by atoms with Crippen LogP contribution in [0.2, 0.25) is 0 Å². The minimum atomic E-state index is 0.401. The molecule has 0 amide bonds. The third-order valence-corrected chi connectivity index (χ3v) is 5.48. The summed E-state index contributed by atoms with van der Waals surface area (Å²) in [6.07, 6.45) is 6.34. The Kier molecular flexibility index (Phi) is 3.92. The molecular weight excluding hydrogens is 280 g/mol. The molecule has 1 aromatic heterocycles. The summed E-state index contributed by atoms with van der Waals surface area (Å²) in [6.45, 7) is 0. The number of thiophene rings is 1. The lowest BCUT2D eigenvalue weighted by Crippen LogP contribution is -2.21. The fraction of sp³-hybridized carbons (Fsp3) is 0.636. The van der Waals surface area contributed by atoms with E-state index in [1.54, 1.807) is 0 Å². The Morgan fingerprint density at radius 2 is 2.21 bits per heavy atom. The molecule has 1 aromatic rings. The first kappa shape index (κ1) is 11.0. The van der Waals surface area contributed by atoms with Crippen LogP contribution in [0.5, 0.6) is 0 Å². The number of hydrogen-bond acceptors (Lipinski definition) is 1. The van der Waals surface area contributed by atoms with E-state index >= 15 is 0 Å². The van der Waals surface area contributed by atoms with Crippen molar-refractivity contribution in [1.82, 2.24) is 0 Å². The van der Waals surface area contributed by atoms with Gasteiger partial charge in [-0.3, -0.25) is 0 Å². The first-order chi connectivity index (χ1) is 6.77. The lowest BCUT2D eigenvalue weighted by Gasteiger charge is -2.26. The van der Waals surface area contributed by atoms with Gasteiger partial charge in [0.15, 0.2) is 0 Å². The van der Waals surface area contributed by atoms with Crippen molar-refractivity contribution < 1.29 is 0 Å². The van der Waals surface area contributed by atoms with Crippen molar-refractivity contribution in [2.75, 3.05) is 0 Å². The third kappa shape index (κ3) is 2.53. The van der Waals surface area contributed by atoms with Crippen LogP contribution >= 0.6 is 38.9 Å². The van der Waals surface area contributed by atoms with Crippen molar-refractivity contribution >= 4 is 38.9 Å². The molecule has 1 saturated carbocycles. The van der Waals surface area contributed by atoms with Crippen LogP contribution in [-0.4, -0.2) is 5.38 Å². The highest BCUT2D eigenvalue weighted by molar-refractivity contribution is 9.10. The second-order valence-corrected chi connectivity index (χ2v) is 6.37. The summed E-state index contributed by atoms with van der Waals surface area (Å²) in [7, 11) is 0. The van der Waals surface area contributed by atoms with E-state index in [0.29, 0.717) is 11.3 Å². The maximum absolute atomic E-state index is 6.34. The molecule has 1 aliphatic carbocycles. The predicted octanol–water partition coefficient (Wildman–Crippen LogP) is 4.85. The van der Waals surface area contributed by atoms with Crippen molar-refractivity contribution in [2.45, 2.75) is 37.5 Å². The van der Waals surface area contributed by atoms with Crippen LogP contribution in [0.25, 0.3) is 0 Å². The lowest BCUT2D eigenvalue weighted by atomic mass is 9.86. The summed E-state index contributed by atoms with van der Waals surface area (Å²) in [6, 6.07) is 2.13. The average Bonchev–Trinajstić information content (AvgIpc) is 2.56. The van der Waals surface area contributed by atoms with Gasteiger partial charge in [0.1, 0.15) is 0 Å². The third-order valence-electron chi connectivity index (χ3n) is 2.95. The van der Waals surface area contributed by atoms with E-state index in [1.165, 1.54) is 35.0 Å². The molecular formula is C11H14BrClS. The van der Waals surface area contributed by atoms with Gasteiger partial charge in [-0.2, -0.15) is 0 Å². The van der Waals surface area contributed by atoms with Gasteiger partial charge < -0.3 is 0 Å². The molecule has 1 aliphatic rings. The van der Waals surface area contributed by atoms with Gasteiger partial charge in [0.05, 0.1) is 0 Å². The van der Waals surface area contributed by atoms with Crippen molar-refractivity contribution in [3.63, 3.8) is 0 Å². The largest absolute Gasteiger partial charge is 0.148 e. The Bertz CT molecular complexity index is 297. The van der Waals surface area contributed by atoms with Gasteiger partial charge in [-0.05, 0) is 52.6 Å². The number of rotatable bonds is 2. The normalized spacial score (nSPS) is 27.9. The van der Waals surface area contributed by atoms with Crippen molar-refractivity contribution in [3.05, 3.63) is 20.8 Å². The van der Waals surface area contributed by atoms with Gasteiger partial charge in [0.25, 0.3) is 0 Å². The molecule has 0 spiro atoms. The van der Waals surface area contributed by atoms with Crippen LogP contribution in [0.1, 0.15) is 30.6 Å².